The summed E-state index contributed by atoms with van der Waals surface area (Å²) in [5, 5.41) is 2.47. The number of anilines is 6. The van der Waals surface area contributed by atoms with Gasteiger partial charge >= 0.3 is 0 Å². The molecule has 0 N–H and O–H groups in total. The molecule has 0 heterocycles. The van der Waals surface area contributed by atoms with Gasteiger partial charge in [0, 0.05) is 44.7 Å². The Kier molecular flexibility index (Phi) is 8.87. The van der Waals surface area contributed by atoms with Crippen molar-refractivity contribution in [2.24, 2.45) is 0 Å². The molecule has 0 aliphatic heterocycles. The minimum Gasteiger partial charge on any atom is -0.311 e. The predicted octanol–water partition coefficient (Wildman–Crippen LogP) is 16.6. The molecule has 0 spiro atoms. The highest BCUT2D eigenvalue weighted by Gasteiger charge is 2.38. The van der Waals surface area contributed by atoms with Gasteiger partial charge in [-0.25, -0.2) is 0 Å². The normalized spacial score (nSPS) is 14.0. The molecular weight excluding hydrogens is 749 g/mol. The fourth-order valence-electron chi connectivity index (χ4n) is 10.2. The number of hydrogen-bond acceptors (Lipinski definition) is 2. The van der Waals surface area contributed by atoms with Gasteiger partial charge in [-0.1, -0.05) is 179 Å². The SMILES string of the molecule is CC1(C)c2ccccc2-c2ccc(N(c3ccc4c(c3)C(C)(C)c3cc(C=Cc5ccc(N(c6ccccc6)c6ccccc6)cc5)ccc3-4)c3cccc4ccccc34)cc21. The van der Waals surface area contributed by atoms with Crippen LogP contribution in [0.2, 0.25) is 0 Å². The largest absolute Gasteiger partial charge is 0.311 e. The van der Waals surface area contributed by atoms with Crippen LogP contribution in [0.15, 0.2) is 206 Å². The number of para-hydroxylation sites is 2. The van der Waals surface area contributed by atoms with Crippen molar-refractivity contribution in [3.05, 3.63) is 240 Å². The number of nitrogens with zero attached hydrogens (tertiary/aromatic N) is 2. The number of rotatable bonds is 8. The molecule has 0 unspecified atom stereocenters. The van der Waals surface area contributed by atoms with Gasteiger partial charge in [-0.15, -0.1) is 0 Å². The summed E-state index contributed by atoms with van der Waals surface area (Å²) in [5.74, 6) is 0. The Bertz CT molecular complexity index is 3130. The summed E-state index contributed by atoms with van der Waals surface area (Å²) in [6.07, 6.45) is 4.48. The van der Waals surface area contributed by atoms with Crippen molar-refractivity contribution in [1.29, 1.82) is 0 Å². The van der Waals surface area contributed by atoms with Gasteiger partial charge in [0.1, 0.15) is 0 Å². The molecule has 0 bridgehead atoms. The van der Waals surface area contributed by atoms with Crippen molar-refractivity contribution >= 4 is 57.0 Å². The molecule has 0 aromatic heterocycles. The second kappa shape index (κ2) is 14.6. The first-order valence-corrected chi connectivity index (χ1v) is 21.8. The highest BCUT2D eigenvalue weighted by molar-refractivity contribution is 6.00. The van der Waals surface area contributed by atoms with Crippen LogP contribution in [-0.2, 0) is 10.8 Å². The number of hydrogen-bond donors (Lipinski definition) is 0. The number of fused-ring (bicyclic) bond motifs is 7. The van der Waals surface area contributed by atoms with Crippen LogP contribution in [0.5, 0.6) is 0 Å². The van der Waals surface area contributed by atoms with Crippen LogP contribution >= 0.6 is 0 Å². The molecule has 2 nitrogen and oxygen atoms in total. The third-order valence-corrected chi connectivity index (χ3v) is 13.4. The Hall–Kier alpha value is -7.42. The lowest BCUT2D eigenvalue weighted by molar-refractivity contribution is 0.660. The zero-order valence-corrected chi connectivity index (χ0v) is 35.7. The molecule has 2 heteroatoms. The highest BCUT2D eigenvalue weighted by atomic mass is 15.1. The lowest BCUT2D eigenvalue weighted by Crippen LogP contribution is -2.18. The van der Waals surface area contributed by atoms with E-state index in [-0.39, 0.29) is 10.8 Å². The average molecular weight is 797 g/mol. The fourth-order valence-corrected chi connectivity index (χ4v) is 10.2. The zero-order valence-electron chi connectivity index (χ0n) is 35.7. The minimum absolute atomic E-state index is 0.102. The van der Waals surface area contributed by atoms with E-state index < -0.39 is 0 Å². The minimum atomic E-state index is -0.198. The van der Waals surface area contributed by atoms with E-state index >= 15 is 0 Å². The molecule has 62 heavy (non-hydrogen) atoms. The van der Waals surface area contributed by atoms with Crippen LogP contribution in [0, 0.1) is 0 Å². The lowest BCUT2D eigenvalue weighted by atomic mass is 9.81. The zero-order chi connectivity index (χ0) is 42.0. The van der Waals surface area contributed by atoms with Crippen LogP contribution in [0.25, 0.3) is 45.2 Å². The third-order valence-electron chi connectivity index (χ3n) is 13.4. The molecular formula is C60H48N2. The quantitative estimate of drug-likeness (QED) is 0.141. The molecule has 9 aromatic rings. The first-order chi connectivity index (χ1) is 30.3. The maximum atomic E-state index is 2.49. The summed E-state index contributed by atoms with van der Waals surface area (Å²) < 4.78 is 0. The first kappa shape index (κ1) is 37.6. The van der Waals surface area contributed by atoms with Gasteiger partial charge in [0.15, 0.2) is 0 Å². The summed E-state index contributed by atoms with van der Waals surface area (Å²) in [4.78, 5) is 4.78. The Morgan fingerprint density at radius 2 is 0.774 bits per heavy atom. The van der Waals surface area contributed by atoms with Crippen LogP contribution in [0.1, 0.15) is 61.1 Å². The topological polar surface area (TPSA) is 6.48 Å². The molecule has 0 fully saturated rings. The molecule has 0 saturated carbocycles. The Morgan fingerprint density at radius 3 is 1.44 bits per heavy atom. The second-order valence-corrected chi connectivity index (χ2v) is 17.8. The summed E-state index contributed by atoms with van der Waals surface area (Å²) in [6.45, 7) is 9.50. The molecule has 0 radical (unpaired) electrons. The van der Waals surface area contributed by atoms with Crippen molar-refractivity contribution < 1.29 is 0 Å². The summed E-state index contributed by atoms with van der Waals surface area (Å²) in [5.41, 5.74) is 19.7. The van der Waals surface area contributed by atoms with Crippen molar-refractivity contribution in [2.75, 3.05) is 9.80 Å². The summed E-state index contributed by atoms with van der Waals surface area (Å²) in [6, 6.07) is 75.5. The van der Waals surface area contributed by atoms with Crippen molar-refractivity contribution in [2.45, 2.75) is 38.5 Å². The molecule has 0 atom stereocenters. The van der Waals surface area contributed by atoms with E-state index in [9.17, 15) is 0 Å². The molecule has 0 saturated heterocycles. The smallest absolute Gasteiger partial charge is 0.0540 e. The molecule has 0 amide bonds. The van der Waals surface area contributed by atoms with Gasteiger partial charge in [-0.2, -0.15) is 0 Å². The van der Waals surface area contributed by atoms with Crippen LogP contribution in [0.4, 0.5) is 34.1 Å². The maximum absolute atomic E-state index is 2.49. The van der Waals surface area contributed by atoms with Crippen LogP contribution < -0.4 is 9.80 Å². The Balaban J connectivity index is 0.935. The van der Waals surface area contributed by atoms with Gasteiger partial charge in [-0.3, -0.25) is 0 Å². The first-order valence-electron chi connectivity index (χ1n) is 21.8. The highest BCUT2D eigenvalue weighted by Crippen LogP contribution is 2.53. The summed E-state index contributed by atoms with van der Waals surface area (Å²) >= 11 is 0. The van der Waals surface area contributed by atoms with Gasteiger partial charge in [0.2, 0.25) is 0 Å². The molecule has 11 rings (SSSR count). The average Bonchev–Trinajstić information content (AvgIpc) is 3.68. The van der Waals surface area contributed by atoms with Gasteiger partial charge in [0.05, 0.1) is 5.69 Å². The van der Waals surface area contributed by atoms with E-state index in [0.717, 1.165) is 28.3 Å². The van der Waals surface area contributed by atoms with Crippen molar-refractivity contribution in [3.8, 4) is 22.3 Å². The standard InChI is InChI=1S/C60H48N2/c1-59(2)54-24-14-13-23-50(54)52-36-33-47(39-56(52)59)62(58-25-15-17-43-16-11-12-22-49(43)58)48-34-37-53-51-35-30-42(38-55(51)60(3,4)57(53)40-48)27-26-41-28-31-46(32-29-41)61(44-18-7-5-8-19-44)45-20-9-6-10-21-45/h5-40H,1-4H3. The van der Waals surface area contributed by atoms with E-state index in [4.69, 9.17) is 0 Å². The lowest BCUT2D eigenvalue weighted by Gasteiger charge is -2.30. The molecule has 9 aromatic carbocycles. The van der Waals surface area contributed by atoms with E-state index in [1.165, 1.54) is 72.2 Å². The monoisotopic (exact) mass is 796 g/mol. The molecule has 298 valence electrons. The predicted molar refractivity (Wildman–Crippen MR) is 264 cm³/mol. The van der Waals surface area contributed by atoms with Crippen LogP contribution in [-0.4, -0.2) is 0 Å². The molecule has 2 aliphatic carbocycles. The fraction of sp³-hybridized carbons (Fsp3) is 0.100. The van der Waals surface area contributed by atoms with E-state index in [0.29, 0.717) is 0 Å². The third kappa shape index (κ3) is 6.17. The summed E-state index contributed by atoms with van der Waals surface area (Å²) in [7, 11) is 0. The van der Waals surface area contributed by atoms with Gasteiger partial charge in [0.25, 0.3) is 0 Å². The van der Waals surface area contributed by atoms with E-state index in [1.54, 1.807) is 0 Å². The Morgan fingerprint density at radius 1 is 0.323 bits per heavy atom. The van der Waals surface area contributed by atoms with Crippen molar-refractivity contribution in [3.63, 3.8) is 0 Å². The Labute approximate surface area is 365 Å². The second-order valence-electron chi connectivity index (χ2n) is 17.8. The number of benzene rings is 9. The molecule has 2 aliphatic rings. The van der Waals surface area contributed by atoms with E-state index in [1.807, 2.05) is 0 Å². The van der Waals surface area contributed by atoms with Crippen LogP contribution in [0.3, 0.4) is 0 Å². The van der Waals surface area contributed by atoms with Crippen molar-refractivity contribution in [1.82, 2.24) is 0 Å². The van der Waals surface area contributed by atoms with Gasteiger partial charge in [-0.05, 0) is 128 Å². The maximum Gasteiger partial charge on any atom is 0.0540 e. The van der Waals surface area contributed by atoms with E-state index in [2.05, 4.69) is 256 Å². The van der Waals surface area contributed by atoms with Gasteiger partial charge < -0.3 is 9.80 Å².